The number of allylic oxidation sites excluding steroid dienone is 1. The highest BCUT2D eigenvalue weighted by atomic mass is 16.4. The maximum Gasteiger partial charge on any atom is 0.193 e. The Morgan fingerprint density at radius 3 is 2.74 bits per heavy atom. The Bertz CT molecular complexity index is 741. The van der Waals surface area contributed by atoms with E-state index in [-0.39, 0.29) is 29.8 Å². The number of fused-ring (bicyclic) bond motifs is 1. The summed E-state index contributed by atoms with van der Waals surface area (Å²) in [6, 6.07) is 8.17. The standard InChI is InChI=1S/C15H12O4/c16-10-5-7-15(18,8-6-10)14-9-12(17)11-3-1-2-4-13(11)19-14/h1-5,7,9,18H,6,8H2. The van der Waals surface area contributed by atoms with Crippen molar-refractivity contribution in [3.8, 4) is 0 Å². The van der Waals surface area contributed by atoms with Crippen LogP contribution in [0.25, 0.3) is 11.0 Å². The molecule has 0 aliphatic heterocycles. The fraction of sp³-hybridized carbons (Fsp3) is 0.200. The van der Waals surface area contributed by atoms with Crippen LogP contribution in [0.4, 0.5) is 0 Å². The number of carbonyl (C=O) groups excluding carboxylic acids is 1. The van der Waals surface area contributed by atoms with Crippen LogP contribution in [0, 0.1) is 0 Å². The van der Waals surface area contributed by atoms with Gasteiger partial charge in [0, 0.05) is 12.5 Å². The molecule has 0 radical (unpaired) electrons. The van der Waals surface area contributed by atoms with Gasteiger partial charge in [-0.2, -0.15) is 0 Å². The minimum absolute atomic E-state index is 0.0344. The summed E-state index contributed by atoms with van der Waals surface area (Å²) >= 11 is 0. The lowest BCUT2D eigenvalue weighted by atomic mass is 9.88. The van der Waals surface area contributed by atoms with E-state index in [1.54, 1.807) is 24.3 Å². The summed E-state index contributed by atoms with van der Waals surface area (Å²) in [6.07, 6.45) is 3.19. The zero-order valence-corrected chi connectivity index (χ0v) is 10.1. The topological polar surface area (TPSA) is 67.5 Å². The molecule has 1 aliphatic carbocycles. The van der Waals surface area contributed by atoms with E-state index in [1.807, 2.05) is 0 Å². The Kier molecular flexibility index (Phi) is 2.61. The van der Waals surface area contributed by atoms with Crippen molar-refractivity contribution >= 4 is 16.8 Å². The van der Waals surface area contributed by atoms with Gasteiger partial charge in [-0.1, -0.05) is 12.1 Å². The molecule has 1 atom stereocenters. The van der Waals surface area contributed by atoms with Crippen LogP contribution in [0.5, 0.6) is 0 Å². The van der Waals surface area contributed by atoms with Crippen molar-refractivity contribution in [3.05, 3.63) is 58.5 Å². The normalized spacial score (nSPS) is 22.9. The third-order valence-corrected chi connectivity index (χ3v) is 3.36. The van der Waals surface area contributed by atoms with Crippen LogP contribution in [0.3, 0.4) is 0 Å². The lowest BCUT2D eigenvalue weighted by molar-refractivity contribution is -0.116. The quantitative estimate of drug-likeness (QED) is 0.846. The van der Waals surface area contributed by atoms with E-state index < -0.39 is 5.60 Å². The average molecular weight is 256 g/mol. The van der Waals surface area contributed by atoms with Crippen molar-refractivity contribution in [3.63, 3.8) is 0 Å². The van der Waals surface area contributed by atoms with Crippen LogP contribution >= 0.6 is 0 Å². The molecule has 1 aromatic heterocycles. The fourth-order valence-electron chi connectivity index (χ4n) is 2.23. The van der Waals surface area contributed by atoms with Crippen molar-refractivity contribution < 1.29 is 14.3 Å². The molecule has 0 amide bonds. The highest BCUT2D eigenvalue weighted by Gasteiger charge is 2.33. The van der Waals surface area contributed by atoms with Gasteiger partial charge in [-0.15, -0.1) is 0 Å². The Morgan fingerprint density at radius 1 is 1.21 bits per heavy atom. The van der Waals surface area contributed by atoms with Crippen LogP contribution in [-0.4, -0.2) is 10.9 Å². The molecule has 1 aliphatic rings. The Hall–Kier alpha value is -2.20. The highest BCUT2D eigenvalue weighted by molar-refractivity contribution is 5.90. The van der Waals surface area contributed by atoms with Crippen molar-refractivity contribution in [2.45, 2.75) is 18.4 Å². The Labute approximate surface area is 109 Å². The lowest BCUT2D eigenvalue weighted by Gasteiger charge is -2.25. The van der Waals surface area contributed by atoms with Gasteiger partial charge in [-0.05, 0) is 30.7 Å². The maximum atomic E-state index is 12.0. The summed E-state index contributed by atoms with van der Waals surface area (Å²) in [4.78, 5) is 23.2. The Balaban J connectivity index is 2.19. The molecule has 0 spiro atoms. The number of rotatable bonds is 1. The number of carbonyl (C=O) groups is 1. The van der Waals surface area contributed by atoms with Gasteiger partial charge >= 0.3 is 0 Å². The molecule has 0 saturated carbocycles. The summed E-state index contributed by atoms with van der Waals surface area (Å²) in [5.41, 5.74) is -1.14. The van der Waals surface area contributed by atoms with E-state index in [4.69, 9.17) is 4.42 Å². The molecule has 1 aromatic carbocycles. The largest absolute Gasteiger partial charge is 0.457 e. The van der Waals surface area contributed by atoms with Gasteiger partial charge in [0.2, 0.25) is 0 Å². The minimum atomic E-state index is -1.38. The first-order valence-corrected chi connectivity index (χ1v) is 6.06. The number of hydrogen-bond donors (Lipinski definition) is 1. The van der Waals surface area contributed by atoms with Crippen LogP contribution in [0.2, 0.25) is 0 Å². The molecule has 4 nitrogen and oxygen atoms in total. The fourth-order valence-corrected chi connectivity index (χ4v) is 2.23. The second-order valence-corrected chi connectivity index (χ2v) is 4.69. The van der Waals surface area contributed by atoms with E-state index in [9.17, 15) is 14.7 Å². The molecular formula is C15H12O4. The molecule has 2 aromatic rings. The van der Waals surface area contributed by atoms with E-state index in [0.717, 1.165) is 0 Å². The molecule has 0 fully saturated rings. The first-order valence-electron chi connectivity index (χ1n) is 6.06. The van der Waals surface area contributed by atoms with E-state index in [1.165, 1.54) is 18.2 Å². The molecular weight excluding hydrogens is 244 g/mol. The highest BCUT2D eigenvalue weighted by Crippen LogP contribution is 2.31. The molecule has 1 unspecified atom stereocenters. The van der Waals surface area contributed by atoms with Crippen molar-refractivity contribution in [2.75, 3.05) is 0 Å². The number of hydrogen-bond acceptors (Lipinski definition) is 4. The number of aliphatic hydroxyl groups is 1. The Morgan fingerprint density at radius 2 is 2.00 bits per heavy atom. The molecule has 0 saturated heterocycles. The van der Waals surface area contributed by atoms with Crippen molar-refractivity contribution in [1.82, 2.24) is 0 Å². The summed E-state index contributed by atoms with van der Waals surface area (Å²) in [5.74, 6) is 0.146. The number of benzene rings is 1. The number of para-hydroxylation sites is 1. The molecule has 3 rings (SSSR count). The van der Waals surface area contributed by atoms with Gasteiger partial charge in [0.05, 0.1) is 5.39 Å². The van der Waals surface area contributed by atoms with Gasteiger partial charge in [-0.3, -0.25) is 9.59 Å². The average Bonchev–Trinajstić information content (AvgIpc) is 2.42. The maximum absolute atomic E-state index is 12.0. The van der Waals surface area contributed by atoms with Gasteiger partial charge < -0.3 is 9.52 Å². The second-order valence-electron chi connectivity index (χ2n) is 4.69. The van der Waals surface area contributed by atoms with Crippen LogP contribution < -0.4 is 5.43 Å². The molecule has 0 bridgehead atoms. The SMILES string of the molecule is O=C1C=CC(O)(c2cc(=O)c3ccccc3o2)CC1. The van der Waals surface area contributed by atoms with E-state index >= 15 is 0 Å². The summed E-state index contributed by atoms with van der Waals surface area (Å²) < 4.78 is 5.61. The smallest absolute Gasteiger partial charge is 0.193 e. The second kappa shape index (κ2) is 4.17. The zero-order valence-electron chi connectivity index (χ0n) is 10.1. The van der Waals surface area contributed by atoms with Crippen LogP contribution in [0.15, 0.2) is 51.7 Å². The predicted octanol–water partition coefficient (Wildman–Crippen LogP) is 1.90. The van der Waals surface area contributed by atoms with E-state index in [2.05, 4.69) is 0 Å². The predicted molar refractivity (Wildman–Crippen MR) is 69.8 cm³/mol. The van der Waals surface area contributed by atoms with Gasteiger partial charge in [0.25, 0.3) is 0 Å². The first kappa shape index (κ1) is 11.9. The van der Waals surface area contributed by atoms with Gasteiger partial charge in [0.15, 0.2) is 11.2 Å². The van der Waals surface area contributed by atoms with Gasteiger partial charge in [0.1, 0.15) is 16.9 Å². The molecule has 96 valence electrons. The summed E-state index contributed by atoms with van der Waals surface area (Å²) in [7, 11) is 0. The molecule has 1 heterocycles. The molecule has 4 heteroatoms. The third-order valence-electron chi connectivity index (χ3n) is 3.36. The summed E-state index contributed by atoms with van der Waals surface area (Å²) in [5, 5.41) is 11.0. The van der Waals surface area contributed by atoms with E-state index in [0.29, 0.717) is 11.0 Å². The first-order chi connectivity index (χ1) is 9.08. The lowest BCUT2D eigenvalue weighted by Crippen LogP contribution is -2.28. The zero-order chi connectivity index (χ0) is 13.5. The van der Waals surface area contributed by atoms with Gasteiger partial charge in [-0.25, -0.2) is 0 Å². The monoisotopic (exact) mass is 256 g/mol. The van der Waals surface area contributed by atoms with Crippen molar-refractivity contribution in [1.29, 1.82) is 0 Å². The third kappa shape index (κ3) is 2.00. The van der Waals surface area contributed by atoms with Crippen LogP contribution in [-0.2, 0) is 10.4 Å². The molecule has 1 N–H and O–H groups in total. The molecule has 19 heavy (non-hydrogen) atoms. The summed E-state index contributed by atoms with van der Waals surface area (Å²) in [6.45, 7) is 0. The minimum Gasteiger partial charge on any atom is -0.457 e. The van der Waals surface area contributed by atoms with Crippen LogP contribution in [0.1, 0.15) is 18.6 Å². The number of ketones is 1. The van der Waals surface area contributed by atoms with Crippen molar-refractivity contribution in [2.24, 2.45) is 0 Å².